The fourth-order valence-corrected chi connectivity index (χ4v) is 2.90. The molecule has 0 radical (unpaired) electrons. The van der Waals surface area contributed by atoms with Crippen LogP contribution in [0.3, 0.4) is 0 Å². The number of aliphatic hydroxyl groups excluding tert-OH is 1. The first-order valence-electron chi connectivity index (χ1n) is 7.51. The summed E-state index contributed by atoms with van der Waals surface area (Å²) in [4.78, 5) is 15.2. The molecule has 1 aromatic rings. The van der Waals surface area contributed by atoms with Crippen LogP contribution in [-0.4, -0.2) is 42.2 Å². The summed E-state index contributed by atoms with van der Waals surface area (Å²) in [6.45, 7) is 12.1. The number of thiophene rings is 1. The van der Waals surface area contributed by atoms with Crippen LogP contribution in [0.15, 0.2) is 37.4 Å². The highest BCUT2D eigenvalue weighted by atomic mass is 32.1. The van der Waals surface area contributed by atoms with E-state index in [1.54, 1.807) is 12.1 Å². The molecular formula is C17H25NO3S. The molecule has 5 heteroatoms. The smallest absolute Gasteiger partial charge is 0.348 e. The SMILES string of the molecule is C=CCN(CC=C)CCC(O)c1ccc(C(=O)OCCC)s1. The van der Waals surface area contributed by atoms with E-state index in [1.807, 2.05) is 19.1 Å². The Morgan fingerprint density at radius 3 is 2.68 bits per heavy atom. The minimum absolute atomic E-state index is 0.315. The molecule has 0 spiro atoms. The molecule has 1 heterocycles. The molecule has 4 nitrogen and oxygen atoms in total. The Morgan fingerprint density at radius 2 is 2.09 bits per heavy atom. The van der Waals surface area contributed by atoms with Crippen LogP contribution in [0.1, 0.15) is 40.4 Å². The molecule has 1 atom stereocenters. The van der Waals surface area contributed by atoms with E-state index in [0.29, 0.717) is 17.9 Å². The van der Waals surface area contributed by atoms with Gasteiger partial charge in [-0.25, -0.2) is 4.79 Å². The third-order valence-corrected chi connectivity index (χ3v) is 4.25. The van der Waals surface area contributed by atoms with E-state index in [9.17, 15) is 9.90 Å². The standard InChI is InChI=1S/C17H25NO3S/c1-4-10-18(11-5-2)12-9-14(19)15-7-8-16(22-15)17(20)21-13-6-3/h4-5,7-8,14,19H,1-2,6,9-13H2,3H3. The summed E-state index contributed by atoms with van der Waals surface area (Å²) >= 11 is 1.29. The predicted octanol–water partition coefficient (Wildman–Crippen LogP) is 3.41. The molecule has 0 aliphatic rings. The Balaban J connectivity index is 2.53. The zero-order chi connectivity index (χ0) is 16.4. The minimum atomic E-state index is -0.574. The molecule has 1 aromatic heterocycles. The van der Waals surface area contributed by atoms with Crippen LogP contribution in [0.4, 0.5) is 0 Å². The van der Waals surface area contributed by atoms with Crippen LogP contribution < -0.4 is 0 Å². The van der Waals surface area contributed by atoms with Gasteiger partial charge in [0, 0.05) is 24.5 Å². The fourth-order valence-electron chi connectivity index (χ4n) is 1.98. The average Bonchev–Trinajstić information content (AvgIpc) is 3.00. The zero-order valence-electron chi connectivity index (χ0n) is 13.2. The molecule has 0 saturated heterocycles. The highest BCUT2D eigenvalue weighted by Gasteiger charge is 2.16. The third-order valence-electron chi connectivity index (χ3n) is 3.09. The van der Waals surface area contributed by atoms with E-state index < -0.39 is 6.10 Å². The Morgan fingerprint density at radius 1 is 1.41 bits per heavy atom. The number of esters is 1. The van der Waals surface area contributed by atoms with E-state index >= 15 is 0 Å². The quantitative estimate of drug-likeness (QED) is 0.501. The maximum atomic E-state index is 11.8. The summed E-state index contributed by atoms with van der Waals surface area (Å²) in [6, 6.07) is 3.51. The van der Waals surface area contributed by atoms with Crippen molar-refractivity contribution in [3.63, 3.8) is 0 Å². The predicted molar refractivity (Wildman–Crippen MR) is 91.3 cm³/mol. The highest BCUT2D eigenvalue weighted by Crippen LogP contribution is 2.26. The molecular weight excluding hydrogens is 298 g/mol. The molecule has 122 valence electrons. The van der Waals surface area contributed by atoms with Gasteiger partial charge in [0.25, 0.3) is 0 Å². The van der Waals surface area contributed by atoms with Crippen LogP contribution in [0.25, 0.3) is 0 Å². The number of hydrogen-bond donors (Lipinski definition) is 1. The largest absolute Gasteiger partial charge is 0.462 e. The lowest BCUT2D eigenvalue weighted by atomic mass is 10.2. The van der Waals surface area contributed by atoms with Gasteiger partial charge < -0.3 is 9.84 Å². The third kappa shape index (κ3) is 6.13. The number of aliphatic hydroxyl groups is 1. The van der Waals surface area contributed by atoms with Gasteiger partial charge in [0.15, 0.2) is 0 Å². The Bertz CT molecular complexity index is 474. The first-order valence-corrected chi connectivity index (χ1v) is 8.33. The van der Waals surface area contributed by atoms with Gasteiger partial charge >= 0.3 is 5.97 Å². The van der Waals surface area contributed by atoms with Crippen molar-refractivity contribution >= 4 is 17.3 Å². The second kappa shape index (κ2) is 10.3. The first-order chi connectivity index (χ1) is 10.6. The molecule has 0 amide bonds. The molecule has 0 saturated carbocycles. The van der Waals surface area contributed by atoms with Gasteiger partial charge in [-0.1, -0.05) is 19.1 Å². The van der Waals surface area contributed by atoms with Crippen molar-refractivity contribution < 1.29 is 14.6 Å². The Labute approximate surface area is 136 Å². The van der Waals surface area contributed by atoms with E-state index in [2.05, 4.69) is 18.1 Å². The Hall–Kier alpha value is -1.43. The van der Waals surface area contributed by atoms with Crippen LogP contribution in [0, 0.1) is 0 Å². The summed E-state index contributed by atoms with van der Waals surface area (Å²) in [5.74, 6) is -0.315. The van der Waals surface area contributed by atoms with Crippen LogP contribution in [0.2, 0.25) is 0 Å². The van der Waals surface area contributed by atoms with Gasteiger partial charge in [-0.05, 0) is 25.0 Å². The first kappa shape index (κ1) is 18.6. The second-order valence-electron chi connectivity index (χ2n) is 4.98. The van der Waals surface area contributed by atoms with Crippen molar-refractivity contribution in [2.75, 3.05) is 26.2 Å². The van der Waals surface area contributed by atoms with Crippen LogP contribution >= 0.6 is 11.3 Å². The van der Waals surface area contributed by atoms with Crippen LogP contribution in [-0.2, 0) is 4.74 Å². The minimum Gasteiger partial charge on any atom is -0.462 e. The number of ether oxygens (including phenoxy) is 1. The number of carbonyl (C=O) groups excluding carboxylic acids is 1. The van der Waals surface area contributed by atoms with Gasteiger partial charge in [0.2, 0.25) is 0 Å². The van der Waals surface area contributed by atoms with Gasteiger partial charge in [0.05, 0.1) is 12.7 Å². The van der Waals surface area contributed by atoms with E-state index in [0.717, 1.165) is 30.9 Å². The number of nitrogens with zero attached hydrogens (tertiary/aromatic N) is 1. The summed E-state index contributed by atoms with van der Waals surface area (Å²) < 4.78 is 5.09. The van der Waals surface area contributed by atoms with Crippen molar-refractivity contribution in [3.05, 3.63) is 47.2 Å². The average molecular weight is 323 g/mol. The van der Waals surface area contributed by atoms with Gasteiger partial charge in [0.1, 0.15) is 4.88 Å². The van der Waals surface area contributed by atoms with Gasteiger partial charge in [-0.2, -0.15) is 0 Å². The van der Waals surface area contributed by atoms with E-state index in [-0.39, 0.29) is 5.97 Å². The normalized spacial score (nSPS) is 12.1. The lowest BCUT2D eigenvalue weighted by molar-refractivity contribution is 0.0511. The summed E-state index contributed by atoms with van der Waals surface area (Å²) in [5.41, 5.74) is 0. The number of rotatable bonds is 11. The molecule has 0 aliphatic carbocycles. The molecule has 1 rings (SSSR count). The molecule has 1 N–H and O–H groups in total. The fraction of sp³-hybridized carbons (Fsp3) is 0.471. The molecule has 22 heavy (non-hydrogen) atoms. The lowest BCUT2D eigenvalue weighted by Gasteiger charge is -2.20. The van der Waals surface area contributed by atoms with Crippen molar-refractivity contribution in [1.82, 2.24) is 4.90 Å². The highest BCUT2D eigenvalue weighted by molar-refractivity contribution is 7.14. The number of hydrogen-bond acceptors (Lipinski definition) is 5. The summed E-state index contributed by atoms with van der Waals surface area (Å²) in [7, 11) is 0. The molecule has 0 aromatic carbocycles. The molecule has 0 fully saturated rings. The van der Waals surface area contributed by atoms with E-state index in [4.69, 9.17) is 4.74 Å². The van der Waals surface area contributed by atoms with Crippen LogP contribution in [0.5, 0.6) is 0 Å². The van der Waals surface area contributed by atoms with Gasteiger partial charge in [-0.3, -0.25) is 4.90 Å². The second-order valence-corrected chi connectivity index (χ2v) is 6.09. The molecule has 1 unspecified atom stereocenters. The van der Waals surface area contributed by atoms with Crippen molar-refractivity contribution in [2.24, 2.45) is 0 Å². The van der Waals surface area contributed by atoms with Crippen molar-refractivity contribution in [2.45, 2.75) is 25.9 Å². The molecule has 0 aliphatic heterocycles. The van der Waals surface area contributed by atoms with E-state index in [1.165, 1.54) is 11.3 Å². The number of carbonyl (C=O) groups is 1. The van der Waals surface area contributed by atoms with Crippen molar-refractivity contribution in [1.29, 1.82) is 0 Å². The Kier molecular flexibility index (Phi) is 8.74. The molecule has 0 bridgehead atoms. The topological polar surface area (TPSA) is 49.8 Å². The summed E-state index contributed by atoms with van der Waals surface area (Å²) in [5, 5.41) is 10.3. The maximum absolute atomic E-state index is 11.8. The maximum Gasteiger partial charge on any atom is 0.348 e. The summed E-state index contributed by atoms with van der Waals surface area (Å²) in [6.07, 6.45) is 4.50. The lowest BCUT2D eigenvalue weighted by Crippen LogP contribution is -2.26. The zero-order valence-corrected chi connectivity index (χ0v) is 14.0. The van der Waals surface area contributed by atoms with Crippen molar-refractivity contribution in [3.8, 4) is 0 Å². The van der Waals surface area contributed by atoms with Gasteiger partial charge in [-0.15, -0.1) is 24.5 Å². The monoisotopic (exact) mass is 323 g/mol.